The van der Waals surface area contributed by atoms with Crippen LogP contribution < -0.4 is 26.6 Å². The third-order valence-corrected chi connectivity index (χ3v) is 9.49. The second kappa shape index (κ2) is 30.1. The molecule has 2 heterocycles. The minimum absolute atomic E-state index is 0.0277. The molecule has 0 saturated carbocycles. The number of hydrogen-bond acceptors (Lipinski definition) is 13. The predicted molar refractivity (Wildman–Crippen MR) is 209 cm³/mol. The summed E-state index contributed by atoms with van der Waals surface area (Å²) in [4.78, 5) is 83.8. The molecule has 0 aromatic heterocycles. The van der Waals surface area contributed by atoms with Gasteiger partial charge in [0.2, 0.25) is 29.5 Å². The lowest BCUT2D eigenvalue weighted by Crippen LogP contribution is -2.64. The van der Waals surface area contributed by atoms with Crippen molar-refractivity contribution in [3.8, 4) is 0 Å². The van der Waals surface area contributed by atoms with E-state index in [0.29, 0.717) is 58.3 Å². The van der Waals surface area contributed by atoms with E-state index in [4.69, 9.17) is 14.2 Å². The van der Waals surface area contributed by atoms with Crippen LogP contribution in [0.25, 0.3) is 0 Å². The fraction of sp³-hybridized carbons (Fsp3) is 0.769. The molecule has 19 heteroatoms. The fourth-order valence-electron chi connectivity index (χ4n) is 6.22. The van der Waals surface area contributed by atoms with Crippen molar-refractivity contribution in [3.63, 3.8) is 0 Å². The highest BCUT2D eigenvalue weighted by Crippen LogP contribution is 2.22. The standard InChI is InChI=1S/C39H66N6O13/c1-28(47)44-36-38(55)37(54)29(27-46)58-39(36)57-24-11-10-15-30(48)40-19-12-20-41-33(51)18-25-56-26-22-43-32(50)14-9-7-5-3-2-4-6-8-13-31(49)42-21-23-45-34(52)16-17-35(45)53/h16-17,29,36-39,46,54-55H,2-15,18-27H2,1H3,(H,40,48)(H,41,51)(H,42,49)(H,43,50)(H,44,47)/t29-,36-,37+,38-,39-/m1/s1. The minimum atomic E-state index is -1.39. The highest BCUT2D eigenvalue weighted by molar-refractivity contribution is 6.12. The number of ether oxygens (including phenoxy) is 3. The Morgan fingerprint density at radius 1 is 0.638 bits per heavy atom. The zero-order valence-electron chi connectivity index (χ0n) is 33.9. The summed E-state index contributed by atoms with van der Waals surface area (Å²) in [6, 6.07) is -1.02. The Morgan fingerprint density at radius 2 is 1.14 bits per heavy atom. The number of carbonyl (C=O) groups is 7. The van der Waals surface area contributed by atoms with E-state index < -0.39 is 43.2 Å². The Labute approximate surface area is 340 Å². The molecule has 0 radical (unpaired) electrons. The summed E-state index contributed by atoms with van der Waals surface area (Å²) in [5.41, 5.74) is 0. The molecule has 0 aromatic carbocycles. The molecule has 0 unspecified atom stereocenters. The minimum Gasteiger partial charge on any atom is -0.394 e. The lowest BCUT2D eigenvalue weighted by Gasteiger charge is -2.42. The summed E-state index contributed by atoms with van der Waals surface area (Å²) in [6.07, 6.45) is 8.15. The number of imide groups is 1. The third-order valence-electron chi connectivity index (χ3n) is 9.49. The average molecular weight is 827 g/mol. The predicted octanol–water partition coefficient (Wildman–Crippen LogP) is -0.795. The maximum absolute atomic E-state index is 12.1. The van der Waals surface area contributed by atoms with Crippen molar-refractivity contribution < 1.29 is 63.1 Å². The first-order valence-electron chi connectivity index (χ1n) is 20.6. The van der Waals surface area contributed by atoms with E-state index in [1.807, 2.05) is 0 Å². The van der Waals surface area contributed by atoms with Gasteiger partial charge in [0.25, 0.3) is 11.8 Å². The average Bonchev–Trinajstić information content (AvgIpc) is 3.51. The van der Waals surface area contributed by atoms with E-state index in [1.54, 1.807) is 0 Å². The van der Waals surface area contributed by atoms with Crippen molar-refractivity contribution >= 4 is 41.4 Å². The van der Waals surface area contributed by atoms with Crippen molar-refractivity contribution in [1.82, 2.24) is 31.5 Å². The molecule has 8 N–H and O–H groups in total. The number of aliphatic hydroxyl groups is 3. The van der Waals surface area contributed by atoms with Gasteiger partial charge in [0.15, 0.2) is 6.29 Å². The van der Waals surface area contributed by atoms with Crippen LogP contribution in [-0.2, 0) is 47.8 Å². The molecule has 0 aromatic rings. The summed E-state index contributed by atoms with van der Waals surface area (Å²) in [5, 5.41) is 43.4. The number of unbranched alkanes of at least 4 members (excludes halogenated alkanes) is 8. The molecule has 2 aliphatic rings. The van der Waals surface area contributed by atoms with Gasteiger partial charge in [-0.15, -0.1) is 0 Å². The summed E-state index contributed by atoms with van der Waals surface area (Å²) in [5.74, 6) is -1.58. The number of amides is 7. The van der Waals surface area contributed by atoms with E-state index >= 15 is 0 Å². The molecule has 1 saturated heterocycles. The molecular weight excluding hydrogens is 760 g/mol. The second-order valence-electron chi connectivity index (χ2n) is 14.4. The van der Waals surface area contributed by atoms with Crippen LogP contribution in [0.2, 0.25) is 0 Å². The highest BCUT2D eigenvalue weighted by Gasteiger charge is 2.45. The second-order valence-corrected chi connectivity index (χ2v) is 14.4. The van der Waals surface area contributed by atoms with Crippen LogP contribution in [0.5, 0.6) is 0 Å². The van der Waals surface area contributed by atoms with Gasteiger partial charge in [0.1, 0.15) is 24.4 Å². The van der Waals surface area contributed by atoms with Crippen LogP contribution in [-0.4, -0.2) is 151 Å². The Hall–Kier alpha value is -4.01. The van der Waals surface area contributed by atoms with Gasteiger partial charge in [-0.2, -0.15) is 0 Å². The summed E-state index contributed by atoms with van der Waals surface area (Å²) >= 11 is 0. The fourth-order valence-corrected chi connectivity index (χ4v) is 6.22. The first-order chi connectivity index (χ1) is 27.9. The van der Waals surface area contributed by atoms with Gasteiger partial charge in [-0.1, -0.05) is 38.5 Å². The molecule has 0 aliphatic carbocycles. The maximum Gasteiger partial charge on any atom is 0.253 e. The van der Waals surface area contributed by atoms with Crippen molar-refractivity contribution in [2.45, 2.75) is 134 Å². The molecule has 0 bridgehead atoms. The lowest BCUT2D eigenvalue weighted by molar-refractivity contribution is -0.270. The molecule has 330 valence electrons. The van der Waals surface area contributed by atoms with Gasteiger partial charge in [0, 0.05) is 84.1 Å². The molecule has 2 aliphatic heterocycles. The largest absolute Gasteiger partial charge is 0.394 e. The Bertz CT molecular complexity index is 1300. The van der Waals surface area contributed by atoms with Gasteiger partial charge in [-0.05, 0) is 32.1 Å². The summed E-state index contributed by atoms with van der Waals surface area (Å²) in [7, 11) is 0. The molecule has 58 heavy (non-hydrogen) atoms. The van der Waals surface area contributed by atoms with Gasteiger partial charge >= 0.3 is 0 Å². The van der Waals surface area contributed by atoms with Crippen LogP contribution in [0.3, 0.4) is 0 Å². The number of hydrogen-bond donors (Lipinski definition) is 8. The van der Waals surface area contributed by atoms with Crippen LogP contribution in [0.4, 0.5) is 0 Å². The topological polar surface area (TPSA) is 271 Å². The summed E-state index contributed by atoms with van der Waals surface area (Å²) < 4.78 is 16.6. The number of rotatable bonds is 32. The van der Waals surface area contributed by atoms with E-state index in [2.05, 4.69) is 26.6 Å². The van der Waals surface area contributed by atoms with Gasteiger partial charge in [-0.25, -0.2) is 0 Å². The normalized spacial score (nSPS) is 20.2. The molecular formula is C39H66N6O13. The van der Waals surface area contributed by atoms with E-state index in [1.165, 1.54) is 19.1 Å². The van der Waals surface area contributed by atoms with Crippen LogP contribution >= 0.6 is 0 Å². The first-order valence-corrected chi connectivity index (χ1v) is 20.6. The SMILES string of the molecule is CC(=O)N[C@H]1[C@H](OCCCCC(=O)NCCCNC(=O)CCOCCNC(=O)CCCCCCCCCCC(=O)NCCN2C(=O)C=CC2=O)O[C@H](CO)[C@H](O)[C@@H]1O. The molecule has 1 fully saturated rings. The molecule has 2 rings (SSSR count). The van der Waals surface area contributed by atoms with E-state index in [0.717, 1.165) is 56.3 Å². The van der Waals surface area contributed by atoms with Crippen LogP contribution in [0, 0.1) is 0 Å². The molecule has 5 atom stereocenters. The third kappa shape index (κ3) is 21.7. The zero-order valence-corrected chi connectivity index (χ0v) is 33.9. The molecule has 19 nitrogen and oxygen atoms in total. The Balaban J connectivity index is 1.32. The Kier molecular flexibility index (Phi) is 26.0. The number of nitrogens with zero attached hydrogens (tertiary/aromatic N) is 1. The van der Waals surface area contributed by atoms with E-state index in [-0.39, 0.29) is 74.6 Å². The van der Waals surface area contributed by atoms with Crippen LogP contribution in [0.15, 0.2) is 12.2 Å². The van der Waals surface area contributed by atoms with Crippen molar-refractivity contribution in [2.75, 3.05) is 59.2 Å². The van der Waals surface area contributed by atoms with Gasteiger partial charge < -0.3 is 56.1 Å². The highest BCUT2D eigenvalue weighted by atomic mass is 16.7. The van der Waals surface area contributed by atoms with Crippen LogP contribution in [0.1, 0.15) is 103 Å². The van der Waals surface area contributed by atoms with Crippen molar-refractivity contribution in [3.05, 3.63) is 12.2 Å². The lowest BCUT2D eigenvalue weighted by atomic mass is 9.97. The maximum atomic E-state index is 12.1. The molecule has 0 spiro atoms. The number of nitrogens with one attached hydrogen (secondary N) is 5. The first kappa shape index (κ1) is 50.1. The monoisotopic (exact) mass is 826 g/mol. The van der Waals surface area contributed by atoms with Gasteiger partial charge in [0.05, 0.1) is 19.8 Å². The van der Waals surface area contributed by atoms with Crippen molar-refractivity contribution in [2.24, 2.45) is 0 Å². The number of aliphatic hydroxyl groups excluding tert-OH is 3. The summed E-state index contributed by atoms with van der Waals surface area (Å²) in [6.45, 7) is 3.00. The van der Waals surface area contributed by atoms with E-state index in [9.17, 15) is 48.9 Å². The van der Waals surface area contributed by atoms with Crippen molar-refractivity contribution in [1.29, 1.82) is 0 Å². The quantitative estimate of drug-likeness (QED) is 0.0306. The molecule has 7 amide bonds. The smallest absolute Gasteiger partial charge is 0.253 e. The number of carbonyl (C=O) groups excluding carboxylic acids is 7. The van der Waals surface area contributed by atoms with Gasteiger partial charge in [-0.3, -0.25) is 38.5 Å². The Morgan fingerprint density at radius 3 is 1.69 bits per heavy atom. The zero-order chi connectivity index (χ0) is 42.5.